The number of aryl methyl sites for hydroxylation is 2. The second kappa shape index (κ2) is 8.62. The second-order valence-corrected chi connectivity index (χ2v) is 7.34. The lowest BCUT2D eigenvalue weighted by Gasteiger charge is -2.10. The molecule has 0 aliphatic carbocycles. The van der Waals surface area contributed by atoms with Gasteiger partial charge < -0.3 is 10.6 Å². The van der Waals surface area contributed by atoms with Crippen LogP contribution in [0.1, 0.15) is 26.7 Å². The van der Waals surface area contributed by atoms with Crippen molar-refractivity contribution in [3.8, 4) is 0 Å². The summed E-state index contributed by atoms with van der Waals surface area (Å²) in [5.74, 6) is 0.770. The summed E-state index contributed by atoms with van der Waals surface area (Å²) in [6.45, 7) is 6.25. The van der Waals surface area contributed by atoms with Crippen LogP contribution in [0.5, 0.6) is 0 Å². The molecule has 6 nitrogen and oxygen atoms in total. The molecule has 2 heterocycles. The Morgan fingerprint density at radius 3 is 2.58 bits per heavy atom. The average Bonchev–Trinajstić information content (AvgIpc) is 3.21. The minimum atomic E-state index is 0.676. The third-order valence-corrected chi connectivity index (χ3v) is 5.05. The molecule has 3 aromatic rings. The zero-order valence-corrected chi connectivity index (χ0v) is 16.2. The van der Waals surface area contributed by atoms with Crippen LogP contribution in [-0.2, 0) is 19.6 Å². The van der Waals surface area contributed by atoms with Gasteiger partial charge in [-0.05, 0) is 19.4 Å². The summed E-state index contributed by atoms with van der Waals surface area (Å²) in [5, 5.41) is 12.2. The van der Waals surface area contributed by atoms with Crippen LogP contribution in [0.25, 0.3) is 0 Å². The standard InChI is InChI=1S/C19H24N6S/c1-14-18(26-15(2)24-14)11-22-19(20-3)21-9-17-10-23-25(13-17)12-16-7-5-4-6-8-16/h4-8,10,13H,9,11-12H2,1-3H3,(H2,20,21,22). The van der Waals surface area contributed by atoms with E-state index in [1.165, 1.54) is 10.4 Å². The number of hydrogen-bond acceptors (Lipinski definition) is 4. The van der Waals surface area contributed by atoms with Crippen LogP contribution >= 0.6 is 11.3 Å². The quantitative estimate of drug-likeness (QED) is 0.519. The van der Waals surface area contributed by atoms with E-state index >= 15 is 0 Å². The van der Waals surface area contributed by atoms with E-state index in [1.807, 2.05) is 42.9 Å². The summed E-state index contributed by atoms with van der Waals surface area (Å²) < 4.78 is 1.95. The van der Waals surface area contributed by atoms with Crippen molar-refractivity contribution in [2.45, 2.75) is 33.5 Å². The Bertz CT molecular complexity index is 865. The van der Waals surface area contributed by atoms with Gasteiger partial charge in [0, 0.05) is 30.2 Å². The molecule has 2 N–H and O–H groups in total. The molecule has 0 aliphatic rings. The van der Waals surface area contributed by atoms with Gasteiger partial charge in [0.1, 0.15) is 0 Å². The highest BCUT2D eigenvalue weighted by Gasteiger charge is 2.06. The lowest BCUT2D eigenvalue weighted by molar-refractivity contribution is 0.685. The van der Waals surface area contributed by atoms with Crippen molar-refractivity contribution in [1.82, 2.24) is 25.4 Å². The Balaban J connectivity index is 1.50. The average molecular weight is 369 g/mol. The van der Waals surface area contributed by atoms with E-state index in [-0.39, 0.29) is 0 Å². The fourth-order valence-electron chi connectivity index (χ4n) is 2.66. The Kier molecular flexibility index (Phi) is 6.01. The van der Waals surface area contributed by atoms with Crippen LogP contribution in [0.3, 0.4) is 0 Å². The maximum Gasteiger partial charge on any atom is 0.191 e. The second-order valence-electron chi connectivity index (χ2n) is 6.05. The Hall–Kier alpha value is -2.67. The SMILES string of the molecule is CN=C(NCc1cnn(Cc2ccccc2)c1)NCc1sc(C)nc1C. The van der Waals surface area contributed by atoms with E-state index in [1.54, 1.807) is 18.4 Å². The Morgan fingerprint density at radius 2 is 1.88 bits per heavy atom. The van der Waals surface area contributed by atoms with Crippen LogP contribution < -0.4 is 10.6 Å². The molecule has 0 saturated heterocycles. The third kappa shape index (κ3) is 4.92. The molecule has 0 fully saturated rings. The molecule has 0 amide bonds. The molecule has 0 aliphatic heterocycles. The molecule has 3 rings (SSSR count). The van der Waals surface area contributed by atoms with Crippen molar-refractivity contribution in [3.05, 3.63) is 69.4 Å². The summed E-state index contributed by atoms with van der Waals surface area (Å²) in [7, 11) is 1.78. The van der Waals surface area contributed by atoms with Crippen LogP contribution in [0.4, 0.5) is 0 Å². The molecule has 7 heteroatoms. The maximum absolute atomic E-state index is 4.45. The monoisotopic (exact) mass is 368 g/mol. The Labute approximate surface area is 158 Å². The highest BCUT2D eigenvalue weighted by atomic mass is 32.1. The molecule has 0 spiro atoms. The number of benzene rings is 1. The van der Waals surface area contributed by atoms with Gasteiger partial charge in [0.2, 0.25) is 0 Å². The zero-order chi connectivity index (χ0) is 18.4. The highest BCUT2D eigenvalue weighted by Crippen LogP contribution is 2.16. The van der Waals surface area contributed by atoms with Crippen molar-refractivity contribution in [2.75, 3.05) is 7.05 Å². The lowest BCUT2D eigenvalue weighted by Crippen LogP contribution is -2.36. The number of nitrogens with one attached hydrogen (secondary N) is 2. The summed E-state index contributed by atoms with van der Waals surface area (Å²) >= 11 is 1.72. The molecular weight excluding hydrogens is 344 g/mol. The number of guanidine groups is 1. The molecule has 2 aromatic heterocycles. The molecule has 0 saturated carbocycles. The summed E-state index contributed by atoms with van der Waals surface area (Å²) in [4.78, 5) is 9.97. The first-order valence-corrected chi connectivity index (χ1v) is 9.38. The Morgan fingerprint density at radius 1 is 1.12 bits per heavy atom. The molecule has 0 bridgehead atoms. The number of hydrogen-bond donors (Lipinski definition) is 2. The van der Waals surface area contributed by atoms with Gasteiger partial charge >= 0.3 is 0 Å². The van der Waals surface area contributed by atoms with E-state index in [0.29, 0.717) is 6.54 Å². The van der Waals surface area contributed by atoms with Crippen LogP contribution in [0.2, 0.25) is 0 Å². The predicted octanol–water partition coefficient (Wildman–Crippen LogP) is 2.87. The largest absolute Gasteiger partial charge is 0.352 e. The van der Waals surface area contributed by atoms with E-state index < -0.39 is 0 Å². The van der Waals surface area contributed by atoms with E-state index in [0.717, 1.165) is 35.3 Å². The van der Waals surface area contributed by atoms with Crippen LogP contribution in [0.15, 0.2) is 47.7 Å². The number of nitrogens with zero attached hydrogens (tertiary/aromatic N) is 4. The number of thiazole rings is 1. The van der Waals surface area contributed by atoms with Crippen molar-refractivity contribution >= 4 is 17.3 Å². The lowest BCUT2D eigenvalue weighted by atomic mass is 10.2. The minimum absolute atomic E-state index is 0.676. The van der Waals surface area contributed by atoms with E-state index in [4.69, 9.17) is 0 Å². The highest BCUT2D eigenvalue weighted by molar-refractivity contribution is 7.11. The van der Waals surface area contributed by atoms with Gasteiger partial charge in [-0.3, -0.25) is 9.67 Å². The zero-order valence-electron chi connectivity index (χ0n) is 15.4. The fraction of sp³-hybridized carbons (Fsp3) is 0.316. The molecule has 26 heavy (non-hydrogen) atoms. The van der Waals surface area contributed by atoms with Gasteiger partial charge in [-0.2, -0.15) is 5.10 Å². The first-order chi connectivity index (χ1) is 12.6. The van der Waals surface area contributed by atoms with Gasteiger partial charge in [-0.15, -0.1) is 11.3 Å². The van der Waals surface area contributed by atoms with E-state index in [2.05, 4.69) is 44.0 Å². The first kappa shape index (κ1) is 18.1. The number of aromatic nitrogens is 3. The van der Waals surface area contributed by atoms with Crippen molar-refractivity contribution in [3.63, 3.8) is 0 Å². The van der Waals surface area contributed by atoms with Crippen molar-refractivity contribution < 1.29 is 0 Å². The first-order valence-electron chi connectivity index (χ1n) is 8.56. The molecule has 0 atom stereocenters. The maximum atomic E-state index is 4.45. The normalized spacial score (nSPS) is 11.6. The molecule has 0 unspecified atom stereocenters. The molecule has 1 aromatic carbocycles. The van der Waals surface area contributed by atoms with E-state index in [9.17, 15) is 0 Å². The van der Waals surface area contributed by atoms with Crippen LogP contribution in [-0.4, -0.2) is 27.8 Å². The summed E-state index contributed by atoms with van der Waals surface area (Å²) in [6.07, 6.45) is 3.95. The number of aliphatic imine (C=N–C) groups is 1. The molecule has 136 valence electrons. The minimum Gasteiger partial charge on any atom is -0.352 e. The van der Waals surface area contributed by atoms with Crippen LogP contribution in [0, 0.1) is 13.8 Å². The predicted molar refractivity (Wildman–Crippen MR) is 106 cm³/mol. The smallest absolute Gasteiger partial charge is 0.191 e. The van der Waals surface area contributed by atoms with Crippen molar-refractivity contribution in [1.29, 1.82) is 0 Å². The summed E-state index contributed by atoms with van der Waals surface area (Å²) in [6, 6.07) is 10.3. The molecular formula is C19H24N6S. The third-order valence-electron chi connectivity index (χ3n) is 3.97. The van der Waals surface area contributed by atoms with Gasteiger partial charge in [0.15, 0.2) is 5.96 Å². The topological polar surface area (TPSA) is 67.1 Å². The number of rotatable bonds is 6. The van der Waals surface area contributed by atoms with Gasteiger partial charge in [-0.25, -0.2) is 4.98 Å². The van der Waals surface area contributed by atoms with Gasteiger partial charge in [0.05, 0.1) is 30.0 Å². The van der Waals surface area contributed by atoms with Gasteiger partial charge in [-0.1, -0.05) is 30.3 Å². The van der Waals surface area contributed by atoms with Crippen molar-refractivity contribution in [2.24, 2.45) is 4.99 Å². The summed E-state index contributed by atoms with van der Waals surface area (Å²) in [5.41, 5.74) is 3.44. The molecule has 0 radical (unpaired) electrons. The fourth-order valence-corrected chi connectivity index (χ4v) is 3.54. The van der Waals surface area contributed by atoms with Gasteiger partial charge in [0.25, 0.3) is 0 Å².